The summed E-state index contributed by atoms with van der Waals surface area (Å²) in [5.74, 6) is 0.197. The van der Waals surface area contributed by atoms with Gasteiger partial charge in [0.2, 0.25) is 5.91 Å². The second-order valence-corrected chi connectivity index (χ2v) is 6.96. The quantitative estimate of drug-likeness (QED) is 0.631. The van der Waals surface area contributed by atoms with Gasteiger partial charge in [-0.1, -0.05) is 59.6 Å². The molecule has 1 aliphatic rings. The van der Waals surface area contributed by atoms with E-state index in [1.807, 2.05) is 36.4 Å². The Labute approximate surface area is 174 Å². The molecule has 0 fully saturated rings. The van der Waals surface area contributed by atoms with Crippen molar-refractivity contribution >= 4 is 29.1 Å². The molecule has 4 rings (SSSR count). The third-order valence-electron chi connectivity index (χ3n) is 4.58. The zero-order chi connectivity index (χ0) is 20.3. The van der Waals surface area contributed by atoms with E-state index in [0.29, 0.717) is 33.2 Å². The number of amides is 1. The van der Waals surface area contributed by atoms with Crippen LogP contribution in [0, 0.1) is 0 Å². The van der Waals surface area contributed by atoms with Gasteiger partial charge in [0.25, 0.3) is 0 Å². The van der Waals surface area contributed by atoms with Crippen LogP contribution in [-0.4, -0.2) is 13.0 Å². The van der Waals surface area contributed by atoms with Crippen LogP contribution < -0.4 is 16.2 Å². The van der Waals surface area contributed by atoms with Crippen LogP contribution in [0.2, 0.25) is 10.0 Å². The van der Waals surface area contributed by atoms with Crippen LogP contribution in [0.4, 0.5) is 0 Å². The maximum Gasteiger partial charge on any atom is 0.249 e. The first-order valence-electron chi connectivity index (χ1n) is 8.75. The van der Waals surface area contributed by atoms with Crippen molar-refractivity contribution in [2.24, 2.45) is 11.5 Å². The molecule has 1 unspecified atom stereocenters. The Morgan fingerprint density at radius 2 is 1.61 bits per heavy atom. The summed E-state index contributed by atoms with van der Waals surface area (Å²) in [5, 5.41) is 0.941. The molecule has 3 aromatic rings. The number of carbonyl (C=O) groups is 1. The SMILES string of the molecule is CN.NC(=O)c1cccc(Cl)c1-c1c(Cl)ccc2c1CC(c1ccccc1)O2. The molecule has 1 heterocycles. The first-order chi connectivity index (χ1) is 13.6. The smallest absolute Gasteiger partial charge is 0.249 e. The van der Waals surface area contributed by atoms with Crippen molar-refractivity contribution < 1.29 is 9.53 Å². The van der Waals surface area contributed by atoms with Gasteiger partial charge in [0, 0.05) is 38.7 Å². The molecule has 0 bridgehead atoms. The molecule has 28 heavy (non-hydrogen) atoms. The number of fused-ring (bicyclic) bond motifs is 1. The van der Waals surface area contributed by atoms with Gasteiger partial charge in [0.1, 0.15) is 11.9 Å². The third kappa shape index (κ3) is 3.72. The molecule has 6 heteroatoms. The summed E-state index contributed by atoms with van der Waals surface area (Å²) in [6.07, 6.45) is 0.529. The van der Waals surface area contributed by atoms with E-state index in [1.165, 1.54) is 7.05 Å². The van der Waals surface area contributed by atoms with Gasteiger partial charge in [-0.05, 0) is 36.9 Å². The van der Waals surface area contributed by atoms with Gasteiger partial charge < -0.3 is 16.2 Å². The molecule has 3 aromatic carbocycles. The summed E-state index contributed by atoms with van der Waals surface area (Å²) in [5.41, 5.74) is 13.7. The Morgan fingerprint density at radius 3 is 2.29 bits per heavy atom. The van der Waals surface area contributed by atoms with Gasteiger partial charge in [-0.25, -0.2) is 0 Å². The van der Waals surface area contributed by atoms with E-state index in [1.54, 1.807) is 24.3 Å². The van der Waals surface area contributed by atoms with Crippen molar-refractivity contribution in [1.29, 1.82) is 0 Å². The van der Waals surface area contributed by atoms with Crippen LogP contribution in [0.15, 0.2) is 60.7 Å². The molecule has 4 N–H and O–H groups in total. The number of nitrogens with two attached hydrogens (primary N) is 2. The van der Waals surface area contributed by atoms with Crippen LogP contribution in [0.25, 0.3) is 11.1 Å². The van der Waals surface area contributed by atoms with Crippen molar-refractivity contribution in [2.45, 2.75) is 12.5 Å². The number of ether oxygens (including phenoxy) is 1. The maximum atomic E-state index is 11.9. The van der Waals surface area contributed by atoms with Crippen molar-refractivity contribution in [3.8, 4) is 16.9 Å². The fraction of sp³-hybridized carbons (Fsp3) is 0.136. The molecular formula is C22H20Cl2N2O2. The van der Waals surface area contributed by atoms with Gasteiger partial charge in [-0.3, -0.25) is 4.79 Å². The topological polar surface area (TPSA) is 78.3 Å². The van der Waals surface area contributed by atoms with Crippen LogP contribution in [0.1, 0.15) is 27.6 Å². The Morgan fingerprint density at radius 1 is 0.929 bits per heavy atom. The molecule has 4 nitrogen and oxygen atoms in total. The first-order valence-corrected chi connectivity index (χ1v) is 9.51. The highest BCUT2D eigenvalue weighted by Gasteiger charge is 2.30. The van der Waals surface area contributed by atoms with E-state index in [0.717, 1.165) is 16.9 Å². The number of hydrogen-bond acceptors (Lipinski definition) is 3. The van der Waals surface area contributed by atoms with E-state index < -0.39 is 5.91 Å². The molecule has 0 saturated carbocycles. The van der Waals surface area contributed by atoms with Crippen LogP contribution in [0.5, 0.6) is 5.75 Å². The zero-order valence-corrected chi connectivity index (χ0v) is 16.8. The Hall–Kier alpha value is -2.53. The van der Waals surface area contributed by atoms with Crippen molar-refractivity contribution in [1.82, 2.24) is 0 Å². The summed E-state index contributed by atoms with van der Waals surface area (Å²) in [6.45, 7) is 0. The number of benzene rings is 3. The molecule has 0 radical (unpaired) electrons. The van der Waals surface area contributed by atoms with Crippen molar-refractivity contribution in [3.05, 3.63) is 87.4 Å². The van der Waals surface area contributed by atoms with Crippen molar-refractivity contribution in [2.75, 3.05) is 7.05 Å². The average molecular weight is 415 g/mol. The summed E-state index contributed by atoms with van der Waals surface area (Å²) in [4.78, 5) is 11.9. The minimum atomic E-state index is -0.547. The zero-order valence-electron chi connectivity index (χ0n) is 15.3. The monoisotopic (exact) mass is 414 g/mol. The fourth-order valence-corrected chi connectivity index (χ4v) is 3.94. The predicted octanol–water partition coefficient (Wildman–Crippen LogP) is 5.01. The number of hydrogen-bond donors (Lipinski definition) is 2. The number of carbonyl (C=O) groups excluding carboxylic acids is 1. The van der Waals surface area contributed by atoms with Gasteiger partial charge in [0.05, 0.1) is 0 Å². The third-order valence-corrected chi connectivity index (χ3v) is 5.21. The molecule has 0 aliphatic carbocycles. The summed E-state index contributed by atoms with van der Waals surface area (Å²) in [6, 6.07) is 18.7. The lowest BCUT2D eigenvalue weighted by molar-refractivity contribution is 0.100. The molecule has 1 amide bonds. The van der Waals surface area contributed by atoms with E-state index in [9.17, 15) is 4.79 Å². The van der Waals surface area contributed by atoms with Crippen LogP contribution in [0.3, 0.4) is 0 Å². The molecular weight excluding hydrogens is 395 g/mol. The highest BCUT2D eigenvalue weighted by molar-refractivity contribution is 6.37. The normalized spacial score (nSPS) is 14.5. The Kier molecular flexibility index (Phi) is 6.25. The molecule has 0 saturated heterocycles. The number of rotatable bonds is 3. The van der Waals surface area contributed by atoms with E-state index >= 15 is 0 Å². The van der Waals surface area contributed by atoms with Crippen LogP contribution >= 0.6 is 23.2 Å². The van der Waals surface area contributed by atoms with Gasteiger partial charge in [-0.15, -0.1) is 0 Å². The van der Waals surface area contributed by atoms with E-state index in [4.69, 9.17) is 33.7 Å². The average Bonchev–Trinajstić information content (AvgIpc) is 3.15. The minimum Gasteiger partial charge on any atom is -0.485 e. The molecule has 1 atom stereocenters. The highest BCUT2D eigenvalue weighted by Crippen LogP contribution is 2.47. The van der Waals surface area contributed by atoms with Crippen molar-refractivity contribution in [3.63, 3.8) is 0 Å². The Bertz CT molecular complexity index is 1010. The van der Waals surface area contributed by atoms with Gasteiger partial charge in [-0.2, -0.15) is 0 Å². The maximum absolute atomic E-state index is 11.9. The van der Waals surface area contributed by atoms with E-state index in [2.05, 4.69) is 5.73 Å². The largest absolute Gasteiger partial charge is 0.485 e. The second-order valence-electron chi connectivity index (χ2n) is 6.15. The van der Waals surface area contributed by atoms with E-state index in [-0.39, 0.29) is 6.10 Å². The van der Waals surface area contributed by atoms with Gasteiger partial charge >= 0.3 is 0 Å². The molecule has 1 aliphatic heterocycles. The lowest BCUT2D eigenvalue weighted by Crippen LogP contribution is -2.13. The molecule has 144 valence electrons. The highest BCUT2D eigenvalue weighted by atomic mass is 35.5. The fourth-order valence-electron chi connectivity index (χ4n) is 3.40. The summed E-state index contributed by atoms with van der Waals surface area (Å²) < 4.78 is 6.13. The second kappa shape index (κ2) is 8.65. The summed E-state index contributed by atoms with van der Waals surface area (Å²) in [7, 11) is 1.50. The number of primary amides is 1. The Balaban J connectivity index is 0.00000109. The lowest BCUT2D eigenvalue weighted by Gasteiger charge is -2.14. The first kappa shape index (κ1) is 20.2. The summed E-state index contributed by atoms with van der Waals surface area (Å²) >= 11 is 12.9. The standard InChI is InChI=1S/C21H15Cl2NO2.CH5N/c22-15-8-4-7-13(21(24)25)19(15)20-14-11-18(12-5-2-1-3-6-12)26-17(14)10-9-16(20)23;1-2/h1-10,18H,11H2,(H2,24,25);2H2,1H3. The predicted molar refractivity (Wildman–Crippen MR) is 114 cm³/mol. The van der Waals surface area contributed by atoms with Gasteiger partial charge in [0.15, 0.2) is 0 Å². The molecule has 0 aromatic heterocycles. The number of halogens is 2. The molecule has 0 spiro atoms. The minimum absolute atomic E-state index is 0.108. The lowest BCUT2D eigenvalue weighted by atomic mass is 9.92. The van der Waals surface area contributed by atoms with Crippen LogP contribution in [-0.2, 0) is 6.42 Å².